The Labute approximate surface area is 112 Å². The zero-order valence-electron chi connectivity index (χ0n) is 11.3. The highest BCUT2D eigenvalue weighted by atomic mass is 19.1. The van der Waals surface area contributed by atoms with E-state index in [1.54, 1.807) is 0 Å². The van der Waals surface area contributed by atoms with Crippen LogP contribution in [0.15, 0.2) is 18.2 Å². The Balaban J connectivity index is 2.26. The van der Waals surface area contributed by atoms with Gasteiger partial charge in [-0.25, -0.2) is 9.18 Å². The Morgan fingerprint density at radius 3 is 2.68 bits per heavy atom. The Kier molecular flexibility index (Phi) is 6.29. The number of anilines is 1. The second-order valence-corrected chi connectivity index (χ2v) is 4.67. The maximum absolute atomic E-state index is 12.9. The zero-order chi connectivity index (χ0) is 14.3. The molecule has 1 aromatic rings. The summed E-state index contributed by atoms with van der Waals surface area (Å²) in [5.41, 5.74) is 5.54. The largest absolute Gasteiger partial charge is 0.460 e. The summed E-state index contributed by atoms with van der Waals surface area (Å²) in [5.74, 6) is -0.488. The molecule has 0 aromatic heterocycles. The standard InChI is InChI=1S/C14H20FNO3/c1-10(2)5-6-18-7-8-19-14(17)11-3-4-12(15)13(16)9-11/h3-4,9-10H,5-8,16H2,1-2H3. The van der Waals surface area contributed by atoms with Crippen LogP contribution in [0.3, 0.4) is 0 Å². The molecule has 0 aliphatic carbocycles. The van der Waals surface area contributed by atoms with E-state index >= 15 is 0 Å². The molecule has 0 aliphatic rings. The van der Waals surface area contributed by atoms with Gasteiger partial charge in [0.25, 0.3) is 0 Å². The number of nitrogen functional groups attached to an aromatic ring is 1. The molecule has 5 heteroatoms. The molecule has 0 saturated heterocycles. The van der Waals surface area contributed by atoms with Gasteiger partial charge in [-0.05, 0) is 30.5 Å². The first-order valence-corrected chi connectivity index (χ1v) is 6.30. The van der Waals surface area contributed by atoms with E-state index in [0.717, 1.165) is 12.5 Å². The monoisotopic (exact) mass is 269 g/mol. The summed E-state index contributed by atoms with van der Waals surface area (Å²) >= 11 is 0. The van der Waals surface area contributed by atoms with Crippen LogP contribution in [0.2, 0.25) is 0 Å². The molecule has 0 unspecified atom stereocenters. The zero-order valence-corrected chi connectivity index (χ0v) is 11.3. The lowest BCUT2D eigenvalue weighted by molar-refractivity contribution is 0.0303. The predicted octanol–water partition coefficient (Wildman–Crippen LogP) is 2.63. The second-order valence-electron chi connectivity index (χ2n) is 4.67. The fraction of sp³-hybridized carbons (Fsp3) is 0.500. The molecule has 0 heterocycles. The molecule has 1 rings (SSSR count). The number of benzene rings is 1. The Hall–Kier alpha value is -1.62. The van der Waals surface area contributed by atoms with Crippen molar-refractivity contribution in [3.8, 4) is 0 Å². The van der Waals surface area contributed by atoms with Gasteiger partial charge in [0, 0.05) is 6.61 Å². The van der Waals surface area contributed by atoms with Crippen LogP contribution in [0.4, 0.5) is 10.1 Å². The molecule has 0 spiro atoms. The third-order valence-electron chi connectivity index (χ3n) is 2.53. The number of halogens is 1. The molecule has 106 valence electrons. The van der Waals surface area contributed by atoms with E-state index in [1.165, 1.54) is 12.1 Å². The van der Waals surface area contributed by atoms with Crippen LogP contribution in [-0.2, 0) is 9.47 Å². The molecule has 0 saturated carbocycles. The van der Waals surface area contributed by atoms with Crippen LogP contribution < -0.4 is 5.73 Å². The van der Waals surface area contributed by atoms with Crippen molar-refractivity contribution in [2.75, 3.05) is 25.6 Å². The fourth-order valence-corrected chi connectivity index (χ4v) is 1.37. The minimum atomic E-state index is -0.548. The van der Waals surface area contributed by atoms with E-state index in [-0.39, 0.29) is 17.9 Å². The summed E-state index contributed by atoms with van der Waals surface area (Å²) in [4.78, 5) is 11.6. The highest BCUT2D eigenvalue weighted by molar-refractivity contribution is 5.90. The van der Waals surface area contributed by atoms with Crippen LogP contribution in [0, 0.1) is 11.7 Å². The van der Waals surface area contributed by atoms with E-state index in [1.807, 2.05) is 0 Å². The Bertz CT molecular complexity index is 421. The maximum Gasteiger partial charge on any atom is 0.338 e. The number of esters is 1. The van der Waals surface area contributed by atoms with Crippen molar-refractivity contribution in [1.29, 1.82) is 0 Å². The molecule has 4 nitrogen and oxygen atoms in total. The smallest absolute Gasteiger partial charge is 0.338 e. The Morgan fingerprint density at radius 2 is 2.05 bits per heavy atom. The van der Waals surface area contributed by atoms with E-state index in [0.29, 0.717) is 19.1 Å². The van der Waals surface area contributed by atoms with Gasteiger partial charge in [-0.1, -0.05) is 13.8 Å². The van der Waals surface area contributed by atoms with Gasteiger partial charge in [-0.15, -0.1) is 0 Å². The number of rotatable bonds is 7. The molecule has 2 N–H and O–H groups in total. The first kappa shape index (κ1) is 15.4. The van der Waals surface area contributed by atoms with Gasteiger partial charge in [0.1, 0.15) is 12.4 Å². The van der Waals surface area contributed by atoms with Gasteiger partial charge < -0.3 is 15.2 Å². The van der Waals surface area contributed by atoms with Crippen LogP contribution in [-0.4, -0.2) is 25.8 Å². The van der Waals surface area contributed by atoms with Crippen LogP contribution >= 0.6 is 0 Å². The van der Waals surface area contributed by atoms with Gasteiger partial charge in [-0.3, -0.25) is 0 Å². The van der Waals surface area contributed by atoms with Crippen molar-refractivity contribution in [3.05, 3.63) is 29.6 Å². The van der Waals surface area contributed by atoms with E-state index in [9.17, 15) is 9.18 Å². The number of nitrogens with two attached hydrogens (primary N) is 1. The molecule has 0 bridgehead atoms. The van der Waals surface area contributed by atoms with Gasteiger partial charge in [0.2, 0.25) is 0 Å². The first-order valence-electron chi connectivity index (χ1n) is 6.30. The summed E-state index contributed by atoms with van der Waals surface area (Å²) < 4.78 is 23.2. The fourth-order valence-electron chi connectivity index (χ4n) is 1.37. The van der Waals surface area contributed by atoms with E-state index in [2.05, 4.69) is 13.8 Å². The molecular formula is C14H20FNO3. The second kappa shape index (κ2) is 7.74. The first-order chi connectivity index (χ1) is 9.00. The number of carbonyl (C=O) groups excluding carboxylic acids is 1. The van der Waals surface area contributed by atoms with Gasteiger partial charge in [0.15, 0.2) is 0 Å². The lowest BCUT2D eigenvalue weighted by Crippen LogP contribution is -2.12. The van der Waals surface area contributed by atoms with E-state index in [4.69, 9.17) is 15.2 Å². The lowest BCUT2D eigenvalue weighted by atomic mass is 10.1. The van der Waals surface area contributed by atoms with Crippen LogP contribution in [0.25, 0.3) is 0 Å². The third-order valence-corrected chi connectivity index (χ3v) is 2.53. The number of carbonyl (C=O) groups is 1. The van der Waals surface area contributed by atoms with Crippen molar-refractivity contribution < 1.29 is 18.7 Å². The molecule has 0 aliphatic heterocycles. The molecule has 0 amide bonds. The predicted molar refractivity (Wildman–Crippen MR) is 71.4 cm³/mol. The maximum atomic E-state index is 12.9. The normalized spacial score (nSPS) is 10.7. The number of hydrogen-bond donors (Lipinski definition) is 1. The van der Waals surface area contributed by atoms with E-state index < -0.39 is 11.8 Å². The average Bonchev–Trinajstić information content (AvgIpc) is 2.36. The van der Waals surface area contributed by atoms with Crippen LogP contribution in [0.5, 0.6) is 0 Å². The minimum Gasteiger partial charge on any atom is -0.460 e. The lowest BCUT2D eigenvalue weighted by Gasteiger charge is -2.08. The van der Waals surface area contributed by atoms with Crippen molar-refractivity contribution >= 4 is 11.7 Å². The minimum absolute atomic E-state index is 0.0670. The molecule has 0 fully saturated rings. The molecule has 0 radical (unpaired) electrons. The molecular weight excluding hydrogens is 249 g/mol. The number of ether oxygens (including phenoxy) is 2. The summed E-state index contributed by atoms with van der Waals surface area (Å²) in [7, 11) is 0. The Morgan fingerprint density at radius 1 is 1.32 bits per heavy atom. The number of hydrogen-bond acceptors (Lipinski definition) is 4. The van der Waals surface area contributed by atoms with Crippen molar-refractivity contribution in [2.24, 2.45) is 5.92 Å². The average molecular weight is 269 g/mol. The third kappa shape index (κ3) is 5.70. The highest BCUT2D eigenvalue weighted by Gasteiger charge is 2.09. The van der Waals surface area contributed by atoms with Crippen molar-refractivity contribution in [2.45, 2.75) is 20.3 Å². The highest BCUT2D eigenvalue weighted by Crippen LogP contribution is 2.13. The molecule has 1 aromatic carbocycles. The SMILES string of the molecule is CC(C)CCOCCOC(=O)c1ccc(F)c(N)c1. The summed E-state index contributed by atoms with van der Waals surface area (Å²) in [6.45, 7) is 5.41. The van der Waals surface area contributed by atoms with Gasteiger partial charge in [-0.2, -0.15) is 0 Å². The quantitative estimate of drug-likeness (QED) is 0.469. The van der Waals surface area contributed by atoms with Crippen molar-refractivity contribution in [3.63, 3.8) is 0 Å². The van der Waals surface area contributed by atoms with Gasteiger partial charge >= 0.3 is 5.97 Å². The summed E-state index contributed by atoms with van der Waals surface area (Å²) in [6, 6.07) is 3.75. The van der Waals surface area contributed by atoms with Crippen molar-refractivity contribution in [1.82, 2.24) is 0 Å². The van der Waals surface area contributed by atoms with Gasteiger partial charge in [0.05, 0.1) is 17.9 Å². The molecule has 0 atom stereocenters. The summed E-state index contributed by atoms with van der Waals surface area (Å²) in [5, 5.41) is 0. The van der Waals surface area contributed by atoms with Crippen LogP contribution in [0.1, 0.15) is 30.6 Å². The summed E-state index contributed by atoms with van der Waals surface area (Å²) in [6.07, 6.45) is 0.975. The molecule has 19 heavy (non-hydrogen) atoms. The topological polar surface area (TPSA) is 61.5 Å².